The van der Waals surface area contributed by atoms with Crippen LogP contribution in [0, 0.1) is 6.92 Å². The number of ether oxygens (including phenoxy) is 1. The Bertz CT molecular complexity index is 795. The lowest BCUT2D eigenvalue weighted by atomic mass is 10.0. The van der Waals surface area contributed by atoms with Crippen LogP contribution >= 0.6 is 0 Å². The van der Waals surface area contributed by atoms with E-state index >= 15 is 0 Å². The number of aryl methyl sites for hydroxylation is 1. The fourth-order valence-electron chi connectivity index (χ4n) is 3.22. The van der Waals surface area contributed by atoms with Crippen LogP contribution in [0.25, 0.3) is 0 Å². The number of amides is 2. The van der Waals surface area contributed by atoms with E-state index in [2.05, 4.69) is 5.32 Å². The zero-order valence-electron chi connectivity index (χ0n) is 15.2. The largest absolute Gasteiger partial charge is 0.497 e. The predicted molar refractivity (Wildman–Crippen MR) is 101 cm³/mol. The molecule has 0 unspecified atom stereocenters. The molecule has 3 rings (SSSR count). The van der Waals surface area contributed by atoms with Crippen molar-refractivity contribution in [2.45, 2.75) is 25.8 Å². The predicted octanol–water partition coefficient (Wildman–Crippen LogP) is 3.04. The Morgan fingerprint density at radius 2 is 1.73 bits per heavy atom. The number of likely N-dealkylation sites (tertiary alicyclic amines) is 1. The van der Waals surface area contributed by atoms with Gasteiger partial charge in [-0.25, -0.2) is 0 Å². The van der Waals surface area contributed by atoms with Crippen LogP contribution in [0.1, 0.15) is 39.1 Å². The number of rotatable bonds is 4. The molecule has 1 saturated heterocycles. The molecule has 0 bridgehead atoms. The third kappa shape index (κ3) is 4.23. The SMILES string of the molecule is COc1cccc(C(=O)N2CCC(NC(=O)c3cccc(C)c3)CC2)c1. The van der Waals surface area contributed by atoms with Gasteiger partial charge in [0.15, 0.2) is 0 Å². The number of nitrogens with zero attached hydrogens (tertiary/aromatic N) is 1. The number of carbonyl (C=O) groups is 2. The quantitative estimate of drug-likeness (QED) is 0.920. The lowest BCUT2D eigenvalue weighted by Gasteiger charge is -2.32. The lowest BCUT2D eigenvalue weighted by molar-refractivity contribution is 0.0697. The summed E-state index contributed by atoms with van der Waals surface area (Å²) >= 11 is 0. The standard InChI is InChI=1S/C21H24N2O3/c1-15-5-3-6-16(13-15)20(24)22-18-9-11-23(12-10-18)21(25)17-7-4-8-19(14-17)26-2/h3-8,13-14,18H,9-12H2,1-2H3,(H,22,24). The molecular weight excluding hydrogens is 328 g/mol. The minimum atomic E-state index is -0.0497. The lowest BCUT2D eigenvalue weighted by Crippen LogP contribution is -2.46. The normalized spacial score (nSPS) is 14.8. The summed E-state index contributed by atoms with van der Waals surface area (Å²) < 4.78 is 5.19. The number of hydrogen-bond acceptors (Lipinski definition) is 3. The Morgan fingerprint density at radius 1 is 1.04 bits per heavy atom. The number of carbonyl (C=O) groups excluding carboxylic acids is 2. The topological polar surface area (TPSA) is 58.6 Å². The van der Waals surface area contributed by atoms with E-state index in [4.69, 9.17) is 4.74 Å². The van der Waals surface area contributed by atoms with Crippen molar-refractivity contribution in [2.24, 2.45) is 0 Å². The van der Waals surface area contributed by atoms with Gasteiger partial charge >= 0.3 is 0 Å². The van der Waals surface area contributed by atoms with E-state index in [-0.39, 0.29) is 17.9 Å². The van der Waals surface area contributed by atoms with Gasteiger partial charge in [-0.2, -0.15) is 0 Å². The maximum absolute atomic E-state index is 12.6. The highest BCUT2D eigenvalue weighted by Crippen LogP contribution is 2.18. The maximum atomic E-state index is 12.6. The van der Waals surface area contributed by atoms with Crippen molar-refractivity contribution < 1.29 is 14.3 Å². The van der Waals surface area contributed by atoms with Gasteiger partial charge in [-0.05, 0) is 50.1 Å². The van der Waals surface area contributed by atoms with Gasteiger partial charge in [0, 0.05) is 30.3 Å². The fourth-order valence-corrected chi connectivity index (χ4v) is 3.22. The highest BCUT2D eigenvalue weighted by molar-refractivity contribution is 5.95. The molecule has 1 heterocycles. The summed E-state index contributed by atoms with van der Waals surface area (Å²) in [5, 5.41) is 3.08. The third-order valence-electron chi connectivity index (χ3n) is 4.71. The fraction of sp³-hybridized carbons (Fsp3) is 0.333. The van der Waals surface area contributed by atoms with E-state index < -0.39 is 0 Å². The van der Waals surface area contributed by atoms with Crippen LogP contribution in [0.3, 0.4) is 0 Å². The summed E-state index contributed by atoms with van der Waals surface area (Å²) in [4.78, 5) is 26.8. The van der Waals surface area contributed by atoms with Crippen LogP contribution in [0.4, 0.5) is 0 Å². The Hall–Kier alpha value is -2.82. The van der Waals surface area contributed by atoms with Crippen molar-refractivity contribution in [1.29, 1.82) is 0 Å². The first-order chi connectivity index (χ1) is 12.6. The molecule has 136 valence electrons. The maximum Gasteiger partial charge on any atom is 0.253 e. The van der Waals surface area contributed by atoms with E-state index in [1.54, 1.807) is 19.2 Å². The molecule has 26 heavy (non-hydrogen) atoms. The molecule has 1 fully saturated rings. The van der Waals surface area contributed by atoms with Crippen molar-refractivity contribution >= 4 is 11.8 Å². The van der Waals surface area contributed by atoms with Crippen molar-refractivity contribution in [1.82, 2.24) is 10.2 Å². The Labute approximate surface area is 154 Å². The van der Waals surface area contributed by atoms with Gasteiger partial charge in [0.1, 0.15) is 5.75 Å². The molecule has 0 spiro atoms. The second-order valence-corrected chi connectivity index (χ2v) is 6.64. The molecule has 0 radical (unpaired) electrons. The van der Waals surface area contributed by atoms with E-state index in [1.165, 1.54) is 0 Å². The van der Waals surface area contributed by atoms with Crippen molar-refractivity contribution in [3.05, 3.63) is 65.2 Å². The number of methoxy groups -OCH3 is 1. The minimum absolute atomic E-state index is 0.00682. The molecule has 2 aromatic rings. The second-order valence-electron chi connectivity index (χ2n) is 6.64. The molecule has 0 aromatic heterocycles. The van der Waals surface area contributed by atoms with Crippen LogP contribution in [0.15, 0.2) is 48.5 Å². The van der Waals surface area contributed by atoms with E-state index in [0.29, 0.717) is 30.0 Å². The van der Waals surface area contributed by atoms with Crippen LogP contribution in [0.5, 0.6) is 5.75 Å². The van der Waals surface area contributed by atoms with Gasteiger partial charge < -0.3 is 15.0 Å². The minimum Gasteiger partial charge on any atom is -0.497 e. The van der Waals surface area contributed by atoms with Crippen molar-refractivity contribution in [2.75, 3.05) is 20.2 Å². The van der Waals surface area contributed by atoms with Gasteiger partial charge in [-0.1, -0.05) is 23.8 Å². The smallest absolute Gasteiger partial charge is 0.253 e. The molecule has 0 aliphatic carbocycles. The van der Waals surface area contributed by atoms with Crippen LogP contribution in [-0.2, 0) is 0 Å². The molecule has 2 amide bonds. The molecule has 2 aromatic carbocycles. The van der Waals surface area contributed by atoms with Crippen LogP contribution in [-0.4, -0.2) is 43.0 Å². The summed E-state index contributed by atoms with van der Waals surface area (Å²) in [5.74, 6) is 0.634. The van der Waals surface area contributed by atoms with E-state index in [1.807, 2.05) is 48.2 Å². The Kier molecular flexibility index (Phi) is 5.56. The molecular formula is C21H24N2O3. The molecule has 5 heteroatoms. The van der Waals surface area contributed by atoms with Crippen LogP contribution < -0.4 is 10.1 Å². The number of piperidine rings is 1. The number of benzene rings is 2. The van der Waals surface area contributed by atoms with E-state index in [9.17, 15) is 9.59 Å². The Morgan fingerprint density at radius 3 is 2.42 bits per heavy atom. The number of nitrogens with one attached hydrogen (secondary N) is 1. The average Bonchev–Trinajstić information content (AvgIpc) is 2.68. The molecule has 5 nitrogen and oxygen atoms in total. The first-order valence-corrected chi connectivity index (χ1v) is 8.87. The second kappa shape index (κ2) is 8.04. The average molecular weight is 352 g/mol. The molecule has 0 saturated carbocycles. The van der Waals surface area contributed by atoms with Crippen molar-refractivity contribution in [3.8, 4) is 5.75 Å². The monoisotopic (exact) mass is 352 g/mol. The van der Waals surface area contributed by atoms with Gasteiger partial charge in [-0.3, -0.25) is 9.59 Å². The highest BCUT2D eigenvalue weighted by atomic mass is 16.5. The molecule has 1 aliphatic rings. The number of hydrogen-bond donors (Lipinski definition) is 1. The van der Waals surface area contributed by atoms with Crippen molar-refractivity contribution in [3.63, 3.8) is 0 Å². The summed E-state index contributed by atoms with van der Waals surface area (Å²) in [6.45, 7) is 3.24. The summed E-state index contributed by atoms with van der Waals surface area (Å²) in [7, 11) is 1.59. The van der Waals surface area contributed by atoms with Gasteiger partial charge in [0.2, 0.25) is 0 Å². The summed E-state index contributed by atoms with van der Waals surface area (Å²) in [5.41, 5.74) is 2.38. The van der Waals surface area contributed by atoms with Gasteiger partial charge in [0.05, 0.1) is 7.11 Å². The van der Waals surface area contributed by atoms with Gasteiger partial charge in [-0.15, -0.1) is 0 Å². The van der Waals surface area contributed by atoms with Crippen LogP contribution in [0.2, 0.25) is 0 Å². The molecule has 1 aliphatic heterocycles. The zero-order chi connectivity index (χ0) is 18.5. The Balaban J connectivity index is 1.55. The molecule has 0 atom stereocenters. The summed E-state index contributed by atoms with van der Waals surface area (Å²) in [6.07, 6.45) is 1.51. The third-order valence-corrected chi connectivity index (χ3v) is 4.71. The van der Waals surface area contributed by atoms with E-state index in [0.717, 1.165) is 18.4 Å². The summed E-state index contributed by atoms with van der Waals surface area (Å²) in [6, 6.07) is 14.9. The molecule has 1 N–H and O–H groups in total. The zero-order valence-corrected chi connectivity index (χ0v) is 15.2. The highest BCUT2D eigenvalue weighted by Gasteiger charge is 2.25. The first-order valence-electron chi connectivity index (χ1n) is 8.87. The van der Waals surface area contributed by atoms with Gasteiger partial charge in [0.25, 0.3) is 11.8 Å². The first kappa shape index (κ1) is 18.0.